The molecule has 74 valence electrons. The summed E-state index contributed by atoms with van der Waals surface area (Å²) >= 11 is 0. The summed E-state index contributed by atoms with van der Waals surface area (Å²) in [6, 6.07) is 8.72. The van der Waals surface area contributed by atoms with E-state index in [0.29, 0.717) is 5.16 Å². The van der Waals surface area contributed by atoms with Gasteiger partial charge in [-0.15, -0.1) is 0 Å². The third kappa shape index (κ3) is 2.25. The van der Waals surface area contributed by atoms with Gasteiger partial charge in [-0.05, 0) is 28.0 Å². The highest BCUT2D eigenvalue weighted by molar-refractivity contribution is 7.45. The van der Waals surface area contributed by atoms with Crippen molar-refractivity contribution in [2.75, 3.05) is 0 Å². The van der Waals surface area contributed by atoms with Crippen LogP contribution in [0.2, 0.25) is 0 Å². The third-order valence-corrected chi connectivity index (χ3v) is 3.69. The predicted molar refractivity (Wildman–Crippen MR) is 66.2 cm³/mol. The van der Waals surface area contributed by atoms with E-state index in [2.05, 4.69) is 51.1 Å². The molecule has 1 atom stereocenters. The number of hydrogen-bond acceptors (Lipinski definition) is 0. The Labute approximate surface area is 88.2 Å². The standard InChI is InChI=1S/C13H17P/c1-13(2,3)14-12-8-10-6-4-5-7-11(10)9-12/h4-8,14H,9H2,1-3H3. The van der Waals surface area contributed by atoms with Crippen LogP contribution in [0.5, 0.6) is 0 Å². The highest BCUT2D eigenvalue weighted by Crippen LogP contribution is 2.43. The van der Waals surface area contributed by atoms with Crippen LogP contribution in [0.25, 0.3) is 6.08 Å². The van der Waals surface area contributed by atoms with E-state index in [1.807, 2.05) is 0 Å². The van der Waals surface area contributed by atoms with Gasteiger partial charge < -0.3 is 0 Å². The maximum atomic E-state index is 2.37. The van der Waals surface area contributed by atoms with E-state index < -0.39 is 0 Å². The molecular weight excluding hydrogens is 187 g/mol. The smallest absolute Gasteiger partial charge is 0.00176 e. The van der Waals surface area contributed by atoms with Crippen molar-refractivity contribution in [2.24, 2.45) is 0 Å². The molecule has 0 aliphatic heterocycles. The quantitative estimate of drug-likeness (QED) is 0.605. The van der Waals surface area contributed by atoms with Gasteiger partial charge in [0.05, 0.1) is 0 Å². The van der Waals surface area contributed by atoms with Crippen LogP contribution >= 0.6 is 8.58 Å². The number of rotatable bonds is 1. The van der Waals surface area contributed by atoms with Crippen LogP contribution in [0, 0.1) is 0 Å². The molecule has 1 heteroatoms. The Balaban J connectivity index is 2.16. The number of benzene rings is 1. The molecule has 0 spiro atoms. The normalized spacial score (nSPS) is 16.1. The van der Waals surface area contributed by atoms with Crippen molar-refractivity contribution in [1.82, 2.24) is 0 Å². The highest BCUT2D eigenvalue weighted by Gasteiger charge is 2.17. The van der Waals surface area contributed by atoms with Gasteiger partial charge in [-0.25, -0.2) is 0 Å². The van der Waals surface area contributed by atoms with Gasteiger partial charge in [-0.3, -0.25) is 0 Å². The van der Waals surface area contributed by atoms with Crippen LogP contribution in [0.1, 0.15) is 31.9 Å². The summed E-state index contributed by atoms with van der Waals surface area (Å²) in [6.45, 7) is 6.94. The lowest BCUT2D eigenvalue weighted by Crippen LogP contribution is -2.04. The second-order valence-corrected chi connectivity index (χ2v) is 7.31. The zero-order valence-corrected chi connectivity index (χ0v) is 10.1. The fraction of sp³-hybridized carbons (Fsp3) is 0.385. The van der Waals surface area contributed by atoms with Gasteiger partial charge in [-0.1, -0.05) is 59.7 Å². The van der Waals surface area contributed by atoms with Gasteiger partial charge in [0.2, 0.25) is 0 Å². The Morgan fingerprint density at radius 3 is 2.50 bits per heavy atom. The largest absolute Gasteiger partial charge is 0.0889 e. The van der Waals surface area contributed by atoms with Crippen molar-refractivity contribution in [3.05, 3.63) is 40.7 Å². The van der Waals surface area contributed by atoms with Crippen molar-refractivity contribution in [3.8, 4) is 0 Å². The fourth-order valence-electron chi connectivity index (χ4n) is 1.84. The molecule has 1 aromatic carbocycles. The van der Waals surface area contributed by atoms with Crippen molar-refractivity contribution in [3.63, 3.8) is 0 Å². The molecule has 14 heavy (non-hydrogen) atoms. The summed E-state index contributed by atoms with van der Waals surface area (Å²) in [6.07, 6.45) is 3.55. The van der Waals surface area contributed by atoms with Crippen LogP contribution in [0.3, 0.4) is 0 Å². The van der Waals surface area contributed by atoms with Crippen LogP contribution < -0.4 is 0 Å². The molecule has 1 aliphatic carbocycles. The summed E-state index contributed by atoms with van der Waals surface area (Å²) in [5, 5.41) is 2.05. The van der Waals surface area contributed by atoms with Crippen molar-refractivity contribution >= 4 is 14.7 Å². The lowest BCUT2D eigenvalue weighted by atomic mass is 10.1. The maximum absolute atomic E-state index is 2.37. The second-order valence-electron chi connectivity index (χ2n) is 4.92. The Bertz CT molecular complexity index is 369. The zero-order valence-electron chi connectivity index (χ0n) is 9.09. The van der Waals surface area contributed by atoms with Crippen molar-refractivity contribution < 1.29 is 0 Å². The Kier molecular flexibility index (Phi) is 2.49. The summed E-state index contributed by atoms with van der Waals surface area (Å²) in [7, 11) is 0.953. The molecule has 0 radical (unpaired) electrons. The minimum Gasteiger partial charge on any atom is -0.0889 e. The molecule has 1 unspecified atom stereocenters. The number of fused-ring (bicyclic) bond motifs is 1. The first-order valence-corrected chi connectivity index (χ1v) is 6.11. The second kappa shape index (κ2) is 3.51. The summed E-state index contributed by atoms with van der Waals surface area (Å²) in [5.41, 5.74) is 2.93. The molecule has 0 N–H and O–H groups in total. The van der Waals surface area contributed by atoms with Gasteiger partial charge in [-0.2, -0.15) is 0 Å². The summed E-state index contributed by atoms with van der Waals surface area (Å²) < 4.78 is 0. The first kappa shape index (κ1) is 9.93. The van der Waals surface area contributed by atoms with E-state index >= 15 is 0 Å². The highest BCUT2D eigenvalue weighted by atomic mass is 31.1. The van der Waals surface area contributed by atoms with Gasteiger partial charge >= 0.3 is 0 Å². The van der Waals surface area contributed by atoms with Crippen LogP contribution in [0.15, 0.2) is 29.6 Å². The SMILES string of the molecule is CC(C)(C)PC1=Cc2ccccc2C1. The summed E-state index contributed by atoms with van der Waals surface area (Å²) in [4.78, 5) is 0. The van der Waals surface area contributed by atoms with Gasteiger partial charge in [0.1, 0.15) is 0 Å². The van der Waals surface area contributed by atoms with Crippen LogP contribution in [-0.4, -0.2) is 5.16 Å². The lowest BCUT2D eigenvalue weighted by Gasteiger charge is -2.18. The van der Waals surface area contributed by atoms with E-state index in [9.17, 15) is 0 Å². The van der Waals surface area contributed by atoms with Crippen molar-refractivity contribution in [2.45, 2.75) is 32.3 Å². The number of hydrogen-bond donors (Lipinski definition) is 0. The molecule has 0 saturated carbocycles. The molecular formula is C13H17P. The first-order valence-electron chi connectivity index (χ1n) is 5.11. The minimum absolute atomic E-state index is 0.438. The van der Waals surface area contributed by atoms with E-state index in [4.69, 9.17) is 0 Å². The van der Waals surface area contributed by atoms with Crippen molar-refractivity contribution in [1.29, 1.82) is 0 Å². The number of allylic oxidation sites excluding steroid dienone is 1. The summed E-state index contributed by atoms with van der Waals surface area (Å²) in [5.74, 6) is 0. The first-order chi connectivity index (χ1) is 6.54. The van der Waals surface area contributed by atoms with Gasteiger partial charge in [0.25, 0.3) is 0 Å². The molecule has 0 fully saturated rings. The van der Waals surface area contributed by atoms with E-state index in [-0.39, 0.29) is 0 Å². The Hall–Kier alpha value is -0.610. The van der Waals surface area contributed by atoms with Gasteiger partial charge in [0, 0.05) is 0 Å². The van der Waals surface area contributed by atoms with Crippen LogP contribution in [-0.2, 0) is 6.42 Å². The molecule has 0 amide bonds. The van der Waals surface area contributed by atoms with E-state index in [0.717, 1.165) is 8.58 Å². The monoisotopic (exact) mass is 204 g/mol. The molecule has 0 saturated heterocycles. The average molecular weight is 204 g/mol. The Morgan fingerprint density at radius 2 is 1.86 bits per heavy atom. The minimum atomic E-state index is 0.438. The zero-order chi connectivity index (χ0) is 10.2. The van der Waals surface area contributed by atoms with E-state index in [1.165, 1.54) is 17.5 Å². The molecule has 1 aliphatic rings. The Morgan fingerprint density at radius 1 is 1.14 bits per heavy atom. The molecule has 0 heterocycles. The van der Waals surface area contributed by atoms with Gasteiger partial charge in [0.15, 0.2) is 0 Å². The molecule has 0 nitrogen and oxygen atoms in total. The third-order valence-electron chi connectivity index (χ3n) is 2.30. The molecule has 1 aromatic rings. The average Bonchev–Trinajstić information content (AvgIpc) is 2.42. The molecule has 2 rings (SSSR count). The lowest BCUT2D eigenvalue weighted by molar-refractivity contribution is 0.796. The topological polar surface area (TPSA) is 0 Å². The maximum Gasteiger partial charge on any atom is -0.00176 e. The molecule has 0 bridgehead atoms. The predicted octanol–water partition coefficient (Wildman–Crippen LogP) is 4.06. The van der Waals surface area contributed by atoms with Crippen LogP contribution in [0.4, 0.5) is 0 Å². The van der Waals surface area contributed by atoms with E-state index in [1.54, 1.807) is 5.31 Å². The fourth-order valence-corrected chi connectivity index (χ4v) is 3.31. The molecule has 0 aromatic heterocycles.